The van der Waals surface area contributed by atoms with Crippen molar-refractivity contribution in [1.82, 2.24) is 19.4 Å². The molecule has 0 unspecified atom stereocenters. The zero-order chi connectivity index (χ0) is 20.7. The zero-order valence-corrected chi connectivity index (χ0v) is 16.8. The number of rotatable bonds is 4. The van der Waals surface area contributed by atoms with E-state index in [-0.39, 0.29) is 4.90 Å². The number of nitrogens with zero attached hydrogens (tertiary/aromatic N) is 4. The summed E-state index contributed by atoms with van der Waals surface area (Å²) in [6.07, 6.45) is 5.17. The van der Waals surface area contributed by atoms with Gasteiger partial charge in [-0.2, -0.15) is 0 Å². The molecule has 0 aliphatic carbocycles. The molecule has 7 nitrogen and oxygen atoms in total. The second-order valence-electron chi connectivity index (χ2n) is 6.85. The Morgan fingerprint density at radius 1 is 0.933 bits per heavy atom. The lowest BCUT2D eigenvalue weighted by Crippen LogP contribution is -2.13. The molecule has 0 aliphatic heterocycles. The van der Waals surface area contributed by atoms with E-state index in [1.807, 2.05) is 41.8 Å². The molecule has 3 heterocycles. The first-order chi connectivity index (χ1) is 14.5. The highest BCUT2D eigenvalue weighted by atomic mass is 32.2. The lowest BCUT2D eigenvalue weighted by molar-refractivity contribution is 0.602. The van der Waals surface area contributed by atoms with Gasteiger partial charge in [0.15, 0.2) is 0 Å². The van der Waals surface area contributed by atoms with Gasteiger partial charge in [0, 0.05) is 40.9 Å². The van der Waals surface area contributed by atoms with Crippen LogP contribution in [0.1, 0.15) is 5.69 Å². The van der Waals surface area contributed by atoms with E-state index in [2.05, 4.69) is 19.7 Å². The highest BCUT2D eigenvalue weighted by molar-refractivity contribution is 7.93. The lowest BCUT2D eigenvalue weighted by atomic mass is 10.1. The van der Waals surface area contributed by atoms with E-state index in [4.69, 9.17) is 0 Å². The number of hydrogen-bond donors (Lipinski definition) is 1. The average molecular weight is 415 g/mol. The van der Waals surface area contributed by atoms with Crippen LogP contribution in [0.4, 0.5) is 5.69 Å². The molecule has 0 bridgehead atoms. The molecule has 8 heteroatoms. The Bertz CT molecular complexity index is 1500. The van der Waals surface area contributed by atoms with Crippen LogP contribution in [0, 0.1) is 6.92 Å². The second-order valence-corrected chi connectivity index (χ2v) is 8.50. The van der Waals surface area contributed by atoms with Crippen molar-refractivity contribution in [2.45, 2.75) is 11.8 Å². The molecule has 0 saturated carbocycles. The van der Waals surface area contributed by atoms with Crippen LogP contribution in [0.25, 0.3) is 27.9 Å². The van der Waals surface area contributed by atoms with Crippen LogP contribution >= 0.6 is 0 Å². The van der Waals surface area contributed by atoms with E-state index in [0.29, 0.717) is 17.0 Å². The third-order valence-corrected chi connectivity index (χ3v) is 6.33. The summed E-state index contributed by atoms with van der Waals surface area (Å²) in [6, 6.07) is 17.7. The highest BCUT2D eigenvalue weighted by Gasteiger charge is 2.19. The van der Waals surface area contributed by atoms with Crippen LogP contribution in [-0.4, -0.2) is 27.8 Å². The number of hydrogen-bond acceptors (Lipinski definition) is 5. The maximum absolute atomic E-state index is 13.1. The molecule has 0 atom stereocenters. The molecule has 0 aliphatic rings. The van der Waals surface area contributed by atoms with Crippen LogP contribution in [-0.2, 0) is 10.0 Å². The molecule has 2 aromatic carbocycles. The summed E-state index contributed by atoms with van der Waals surface area (Å²) in [5, 5.41) is 0.766. The summed E-state index contributed by atoms with van der Waals surface area (Å²) in [4.78, 5) is 13.2. The fourth-order valence-corrected chi connectivity index (χ4v) is 4.74. The van der Waals surface area contributed by atoms with Gasteiger partial charge in [-0.3, -0.25) is 14.1 Å². The van der Waals surface area contributed by atoms with E-state index < -0.39 is 10.0 Å². The Balaban J connectivity index is 1.55. The second kappa shape index (κ2) is 6.93. The Labute approximate surface area is 173 Å². The molecule has 0 fully saturated rings. The first-order valence-corrected chi connectivity index (χ1v) is 10.8. The lowest BCUT2D eigenvalue weighted by Gasteiger charge is -2.11. The van der Waals surface area contributed by atoms with E-state index in [1.165, 1.54) is 0 Å². The van der Waals surface area contributed by atoms with Crippen molar-refractivity contribution in [2.24, 2.45) is 0 Å². The van der Waals surface area contributed by atoms with Gasteiger partial charge in [0.25, 0.3) is 10.0 Å². The van der Waals surface area contributed by atoms with Crippen molar-refractivity contribution >= 4 is 32.4 Å². The monoisotopic (exact) mass is 415 g/mol. The number of para-hydroxylation sites is 1. The summed E-state index contributed by atoms with van der Waals surface area (Å²) >= 11 is 0. The number of fused-ring (bicyclic) bond motifs is 2. The summed E-state index contributed by atoms with van der Waals surface area (Å²) in [6.45, 7) is 1.95. The van der Waals surface area contributed by atoms with E-state index >= 15 is 0 Å². The Morgan fingerprint density at radius 3 is 2.60 bits per heavy atom. The number of aromatic nitrogens is 4. The molecule has 0 amide bonds. The van der Waals surface area contributed by atoms with Crippen molar-refractivity contribution in [1.29, 1.82) is 0 Å². The third kappa shape index (κ3) is 3.07. The zero-order valence-electron chi connectivity index (χ0n) is 16.0. The van der Waals surface area contributed by atoms with Crippen LogP contribution < -0.4 is 4.72 Å². The van der Waals surface area contributed by atoms with Crippen LogP contribution in [0.5, 0.6) is 0 Å². The molecule has 0 saturated heterocycles. The van der Waals surface area contributed by atoms with Gasteiger partial charge in [-0.15, -0.1) is 0 Å². The van der Waals surface area contributed by atoms with Gasteiger partial charge in [0.2, 0.25) is 5.78 Å². The molecule has 0 spiro atoms. The topological polar surface area (TPSA) is 89.2 Å². The van der Waals surface area contributed by atoms with Crippen molar-refractivity contribution in [2.75, 3.05) is 4.72 Å². The van der Waals surface area contributed by atoms with Crippen LogP contribution in [0.3, 0.4) is 0 Å². The van der Waals surface area contributed by atoms with E-state index in [1.54, 1.807) is 48.8 Å². The van der Waals surface area contributed by atoms with Gasteiger partial charge in [-0.25, -0.2) is 18.4 Å². The maximum atomic E-state index is 13.1. The number of imidazole rings is 1. The molecule has 148 valence electrons. The molecule has 30 heavy (non-hydrogen) atoms. The third-order valence-electron chi connectivity index (χ3n) is 4.92. The van der Waals surface area contributed by atoms with Gasteiger partial charge in [-0.1, -0.05) is 30.3 Å². The summed E-state index contributed by atoms with van der Waals surface area (Å²) in [7, 11) is -3.82. The van der Waals surface area contributed by atoms with Gasteiger partial charge in [0.05, 0.1) is 11.2 Å². The fourth-order valence-electron chi connectivity index (χ4n) is 3.51. The Kier molecular flexibility index (Phi) is 4.22. The largest absolute Gasteiger partial charge is 0.288 e. The number of aryl methyl sites for hydroxylation is 1. The first-order valence-electron chi connectivity index (χ1n) is 9.30. The van der Waals surface area contributed by atoms with Crippen molar-refractivity contribution in [3.63, 3.8) is 0 Å². The SMILES string of the molecule is Cc1c(-c2cccc(NS(=O)(=O)c3cccc4cccnc34)c2)nc2ncccn12. The standard InChI is InChI=1S/C22H17N5O2S/c1-15-20(25-22-24-12-5-13-27(15)22)17-7-2-9-18(14-17)26-30(28,29)19-10-3-6-16-8-4-11-23-21(16)19/h2-14,26H,1H3. The molecule has 5 aromatic rings. The minimum absolute atomic E-state index is 0.138. The summed E-state index contributed by atoms with van der Waals surface area (Å²) in [5.74, 6) is 0.595. The average Bonchev–Trinajstić information content (AvgIpc) is 3.10. The molecule has 0 radical (unpaired) electrons. The van der Waals surface area contributed by atoms with Gasteiger partial charge in [-0.05, 0) is 37.3 Å². The smallest absolute Gasteiger partial charge is 0.264 e. The van der Waals surface area contributed by atoms with E-state index in [0.717, 1.165) is 22.3 Å². The fraction of sp³-hybridized carbons (Fsp3) is 0.0455. The summed E-state index contributed by atoms with van der Waals surface area (Å²) in [5.41, 5.74) is 3.36. The molecule has 5 rings (SSSR count). The number of anilines is 1. The van der Waals surface area contributed by atoms with Gasteiger partial charge < -0.3 is 0 Å². The predicted molar refractivity (Wildman–Crippen MR) is 116 cm³/mol. The molecule has 1 N–H and O–H groups in total. The number of nitrogens with one attached hydrogen (secondary N) is 1. The normalized spacial score (nSPS) is 11.8. The number of benzene rings is 2. The maximum Gasteiger partial charge on any atom is 0.264 e. The van der Waals surface area contributed by atoms with E-state index in [9.17, 15) is 8.42 Å². The summed E-state index contributed by atoms with van der Waals surface area (Å²) < 4.78 is 30.7. The quantitative estimate of drug-likeness (QED) is 0.478. The minimum Gasteiger partial charge on any atom is -0.288 e. The van der Waals surface area contributed by atoms with Crippen molar-refractivity contribution in [3.8, 4) is 11.3 Å². The van der Waals surface area contributed by atoms with Crippen LogP contribution in [0.2, 0.25) is 0 Å². The van der Waals surface area contributed by atoms with Crippen molar-refractivity contribution < 1.29 is 8.42 Å². The predicted octanol–water partition coefficient (Wildman–Crippen LogP) is 4.05. The molecular weight excluding hydrogens is 398 g/mol. The molecular formula is C22H17N5O2S. The number of sulfonamides is 1. The van der Waals surface area contributed by atoms with Gasteiger partial charge in [0.1, 0.15) is 4.90 Å². The van der Waals surface area contributed by atoms with Crippen molar-refractivity contribution in [3.05, 3.63) is 84.9 Å². The van der Waals surface area contributed by atoms with Crippen LogP contribution in [0.15, 0.2) is 84.1 Å². The Hall–Kier alpha value is -3.78. The minimum atomic E-state index is -3.82. The number of pyridine rings is 1. The Morgan fingerprint density at radius 2 is 1.73 bits per heavy atom. The first kappa shape index (κ1) is 18.3. The highest BCUT2D eigenvalue weighted by Crippen LogP contribution is 2.28. The molecule has 3 aromatic heterocycles. The van der Waals surface area contributed by atoms with Gasteiger partial charge >= 0.3 is 0 Å².